The summed E-state index contributed by atoms with van der Waals surface area (Å²) in [5.41, 5.74) is 1.33. The molecule has 3 heterocycles. The molecule has 2 aromatic heterocycles. The third-order valence-electron chi connectivity index (χ3n) is 4.77. The SMILES string of the molecule is Cc1noc(-c2ccc(C(=O)NC3CCN(C(=O)c4ccco4)CC3)cc2)n1. The number of hydrogen-bond donors (Lipinski definition) is 1. The van der Waals surface area contributed by atoms with Gasteiger partial charge >= 0.3 is 0 Å². The summed E-state index contributed by atoms with van der Waals surface area (Å²) >= 11 is 0. The van der Waals surface area contributed by atoms with E-state index in [-0.39, 0.29) is 17.9 Å². The normalized spacial score (nSPS) is 14.8. The van der Waals surface area contributed by atoms with E-state index in [4.69, 9.17) is 8.94 Å². The Bertz CT molecular complexity index is 955. The zero-order valence-electron chi connectivity index (χ0n) is 15.4. The highest BCUT2D eigenvalue weighted by Crippen LogP contribution is 2.19. The first-order valence-electron chi connectivity index (χ1n) is 9.14. The lowest BCUT2D eigenvalue weighted by Gasteiger charge is -2.31. The Hall–Kier alpha value is -3.42. The number of nitrogens with zero attached hydrogens (tertiary/aromatic N) is 3. The number of aryl methyl sites for hydroxylation is 1. The number of carbonyl (C=O) groups excluding carboxylic acids is 2. The van der Waals surface area contributed by atoms with Crippen LogP contribution >= 0.6 is 0 Å². The minimum absolute atomic E-state index is 0.0337. The van der Waals surface area contributed by atoms with Crippen molar-refractivity contribution in [2.24, 2.45) is 0 Å². The van der Waals surface area contributed by atoms with Crippen LogP contribution in [-0.4, -0.2) is 46.0 Å². The number of likely N-dealkylation sites (tertiary alicyclic amines) is 1. The van der Waals surface area contributed by atoms with Gasteiger partial charge in [0, 0.05) is 30.3 Å². The molecule has 1 aliphatic rings. The molecule has 3 aromatic rings. The van der Waals surface area contributed by atoms with Gasteiger partial charge in [0.1, 0.15) is 0 Å². The number of furan rings is 1. The predicted octanol–water partition coefficient (Wildman–Crippen LogP) is 2.67. The fourth-order valence-corrected chi connectivity index (χ4v) is 3.23. The van der Waals surface area contributed by atoms with Crippen molar-refractivity contribution >= 4 is 11.8 Å². The number of nitrogens with one attached hydrogen (secondary N) is 1. The quantitative estimate of drug-likeness (QED) is 0.747. The molecular weight excluding hydrogens is 360 g/mol. The second-order valence-electron chi connectivity index (χ2n) is 6.74. The summed E-state index contributed by atoms with van der Waals surface area (Å²) in [5.74, 6) is 1.09. The molecule has 8 nitrogen and oxygen atoms in total. The Morgan fingerprint density at radius 1 is 1.14 bits per heavy atom. The summed E-state index contributed by atoms with van der Waals surface area (Å²) in [6.07, 6.45) is 2.90. The first-order chi connectivity index (χ1) is 13.6. The standard InChI is InChI=1S/C20H20N4O4/c1-13-21-19(28-23-13)15-6-4-14(5-7-15)18(25)22-16-8-10-24(11-9-16)20(26)17-3-2-12-27-17/h2-7,12,16H,8-11H2,1H3,(H,22,25). The smallest absolute Gasteiger partial charge is 0.289 e. The van der Waals surface area contributed by atoms with Gasteiger partial charge in [-0.15, -0.1) is 0 Å². The number of benzene rings is 1. The van der Waals surface area contributed by atoms with Crippen molar-refractivity contribution in [2.45, 2.75) is 25.8 Å². The monoisotopic (exact) mass is 380 g/mol. The topological polar surface area (TPSA) is 101 Å². The average Bonchev–Trinajstić information content (AvgIpc) is 3.40. The largest absolute Gasteiger partial charge is 0.459 e. The van der Waals surface area contributed by atoms with Gasteiger partial charge < -0.3 is 19.2 Å². The van der Waals surface area contributed by atoms with Crippen LogP contribution in [-0.2, 0) is 0 Å². The number of hydrogen-bond acceptors (Lipinski definition) is 6. The molecule has 0 saturated carbocycles. The van der Waals surface area contributed by atoms with Crippen LogP contribution in [0.2, 0.25) is 0 Å². The summed E-state index contributed by atoms with van der Waals surface area (Å²) < 4.78 is 10.3. The van der Waals surface area contributed by atoms with Gasteiger partial charge in [0.05, 0.1) is 6.26 Å². The van der Waals surface area contributed by atoms with Crippen molar-refractivity contribution in [1.29, 1.82) is 0 Å². The number of rotatable bonds is 4. The highest BCUT2D eigenvalue weighted by molar-refractivity contribution is 5.95. The molecule has 2 amide bonds. The molecule has 8 heteroatoms. The van der Waals surface area contributed by atoms with E-state index in [0.717, 1.165) is 5.56 Å². The van der Waals surface area contributed by atoms with Crippen molar-refractivity contribution in [3.63, 3.8) is 0 Å². The summed E-state index contributed by atoms with van der Waals surface area (Å²) in [6.45, 7) is 2.92. The van der Waals surface area contributed by atoms with Crippen LogP contribution in [0.4, 0.5) is 0 Å². The number of aromatic nitrogens is 2. The van der Waals surface area contributed by atoms with E-state index in [1.165, 1.54) is 6.26 Å². The molecule has 1 N–H and O–H groups in total. The molecule has 0 radical (unpaired) electrons. The lowest BCUT2D eigenvalue weighted by molar-refractivity contribution is 0.0667. The van der Waals surface area contributed by atoms with Gasteiger partial charge in [-0.2, -0.15) is 4.98 Å². The zero-order chi connectivity index (χ0) is 19.5. The molecule has 0 bridgehead atoms. The number of amides is 2. The molecule has 0 aliphatic carbocycles. The van der Waals surface area contributed by atoms with Gasteiger partial charge in [-0.1, -0.05) is 5.16 Å². The molecule has 1 aromatic carbocycles. The molecular formula is C20H20N4O4. The molecule has 144 valence electrons. The van der Waals surface area contributed by atoms with E-state index in [0.29, 0.717) is 49.0 Å². The predicted molar refractivity (Wildman–Crippen MR) is 99.6 cm³/mol. The van der Waals surface area contributed by atoms with E-state index < -0.39 is 0 Å². The maximum Gasteiger partial charge on any atom is 0.289 e. The fourth-order valence-electron chi connectivity index (χ4n) is 3.23. The average molecular weight is 380 g/mol. The highest BCUT2D eigenvalue weighted by Gasteiger charge is 2.26. The lowest BCUT2D eigenvalue weighted by Crippen LogP contribution is -2.46. The van der Waals surface area contributed by atoms with Crippen molar-refractivity contribution < 1.29 is 18.5 Å². The van der Waals surface area contributed by atoms with Crippen molar-refractivity contribution in [1.82, 2.24) is 20.4 Å². The molecule has 1 aliphatic heterocycles. The Labute approximate surface area is 161 Å². The minimum Gasteiger partial charge on any atom is -0.459 e. The number of piperidine rings is 1. The first kappa shape index (κ1) is 18.0. The van der Waals surface area contributed by atoms with Crippen molar-refractivity contribution in [3.8, 4) is 11.5 Å². The molecule has 0 unspecified atom stereocenters. The lowest BCUT2D eigenvalue weighted by atomic mass is 10.0. The Balaban J connectivity index is 1.31. The molecule has 1 saturated heterocycles. The van der Waals surface area contributed by atoms with Gasteiger partial charge in [0.2, 0.25) is 0 Å². The van der Waals surface area contributed by atoms with Crippen LogP contribution < -0.4 is 5.32 Å². The van der Waals surface area contributed by atoms with Gasteiger partial charge in [0.25, 0.3) is 17.7 Å². The van der Waals surface area contributed by atoms with E-state index >= 15 is 0 Å². The fraction of sp³-hybridized carbons (Fsp3) is 0.300. The van der Waals surface area contributed by atoms with E-state index in [1.807, 2.05) is 0 Å². The van der Waals surface area contributed by atoms with Crippen LogP contribution in [0, 0.1) is 6.92 Å². The highest BCUT2D eigenvalue weighted by atomic mass is 16.5. The Morgan fingerprint density at radius 3 is 2.50 bits per heavy atom. The van der Waals surface area contributed by atoms with Crippen LogP contribution in [0.15, 0.2) is 51.6 Å². The first-order valence-corrected chi connectivity index (χ1v) is 9.14. The zero-order valence-corrected chi connectivity index (χ0v) is 15.4. The Morgan fingerprint density at radius 2 is 1.89 bits per heavy atom. The van der Waals surface area contributed by atoms with Gasteiger partial charge in [-0.25, -0.2) is 0 Å². The summed E-state index contributed by atoms with van der Waals surface area (Å²) in [6, 6.07) is 10.4. The van der Waals surface area contributed by atoms with E-state index in [9.17, 15) is 9.59 Å². The second kappa shape index (κ2) is 7.67. The van der Waals surface area contributed by atoms with E-state index in [1.54, 1.807) is 48.2 Å². The number of carbonyl (C=O) groups is 2. The summed E-state index contributed by atoms with van der Waals surface area (Å²) in [4.78, 5) is 30.7. The molecule has 0 spiro atoms. The maximum absolute atomic E-state index is 12.5. The molecule has 0 atom stereocenters. The second-order valence-corrected chi connectivity index (χ2v) is 6.74. The molecule has 1 fully saturated rings. The van der Waals surface area contributed by atoms with Crippen molar-refractivity contribution in [2.75, 3.05) is 13.1 Å². The Kier molecular flexibility index (Phi) is 4.92. The minimum atomic E-state index is -0.135. The third kappa shape index (κ3) is 3.80. The van der Waals surface area contributed by atoms with Crippen LogP contribution in [0.5, 0.6) is 0 Å². The van der Waals surface area contributed by atoms with Crippen LogP contribution in [0.1, 0.15) is 39.6 Å². The van der Waals surface area contributed by atoms with Gasteiger partial charge in [-0.05, 0) is 56.2 Å². The van der Waals surface area contributed by atoms with Crippen molar-refractivity contribution in [3.05, 3.63) is 59.8 Å². The van der Waals surface area contributed by atoms with Gasteiger partial charge in [0.15, 0.2) is 11.6 Å². The van der Waals surface area contributed by atoms with Crippen LogP contribution in [0.3, 0.4) is 0 Å². The van der Waals surface area contributed by atoms with Gasteiger partial charge in [-0.3, -0.25) is 9.59 Å². The van der Waals surface area contributed by atoms with Crippen LogP contribution in [0.25, 0.3) is 11.5 Å². The molecule has 28 heavy (non-hydrogen) atoms. The maximum atomic E-state index is 12.5. The summed E-state index contributed by atoms with van der Waals surface area (Å²) in [5, 5.41) is 6.80. The summed E-state index contributed by atoms with van der Waals surface area (Å²) in [7, 11) is 0. The molecule has 4 rings (SSSR count). The van der Waals surface area contributed by atoms with E-state index in [2.05, 4.69) is 15.5 Å². The third-order valence-corrected chi connectivity index (χ3v) is 4.77.